The minimum Gasteiger partial charge on any atom is -0.478 e. The van der Waals surface area contributed by atoms with Crippen LogP contribution < -0.4 is 4.90 Å². The predicted octanol–water partition coefficient (Wildman–Crippen LogP) is 2.77. The molecule has 7 nitrogen and oxygen atoms in total. The molecule has 29 heavy (non-hydrogen) atoms. The van der Waals surface area contributed by atoms with E-state index in [4.69, 9.17) is 0 Å². The summed E-state index contributed by atoms with van der Waals surface area (Å²) in [5.74, 6) is -1.15. The second kappa shape index (κ2) is 7.85. The highest BCUT2D eigenvalue weighted by molar-refractivity contribution is 7.89. The summed E-state index contributed by atoms with van der Waals surface area (Å²) in [4.78, 5) is 13.5. The molecule has 1 atom stereocenters. The summed E-state index contributed by atoms with van der Waals surface area (Å²) < 4.78 is 28.1. The molecule has 0 aromatic heterocycles. The highest BCUT2D eigenvalue weighted by atomic mass is 32.2. The van der Waals surface area contributed by atoms with Gasteiger partial charge in [0, 0.05) is 25.7 Å². The Bertz CT molecular complexity index is 1110. The number of benzene rings is 2. The maximum Gasteiger partial charge on any atom is 0.335 e. The predicted molar refractivity (Wildman–Crippen MR) is 110 cm³/mol. The molecule has 1 N–H and O–H groups in total. The number of rotatable bonds is 4. The number of aromatic carboxylic acids is 1. The fraction of sp³-hybridized carbons (Fsp3) is 0.333. The first-order valence-corrected chi connectivity index (χ1v) is 10.7. The summed E-state index contributed by atoms with van der Waals surface area (Å²) in [6.45, 7) is 6.28. The van der Waals surface area contributed by atoms with E-state index in [2.05, 4.69) is 6.07 Å². The second-order valence-corrected chi connectivity index (χ2v) is 9.14. The van der Waals surface area contributed by atoms with Gasteiger partial charge in [-0.05, 0) is 50.1 Å². The van der Waals surface area contributed by atoms with Crippen molar-refractivity contribution in [2.75, 3.05) is 24.5 Å². The summed E-state index contributed by atoms with van der Waals surface area (Å²) in [6.07, 6.45) is 0. The molecule has 1 heterocycles. The van der Waals surface area contributed by atoms with Crippen molar-refractivity contribution in [1.82, 2.24) is 4.31 Å². The molecule has 1 fully saturated rings. The van der Waals surface area contributed by atoms with Crippen LogP contribution in [0.15, 0.2) is 41.3 Å². The molecule has 0 radical (unpaired) electrons. The molecule has 0 unspecified atom stereocenters. The first-order chi connectivity index (χ1) is 13.7. The van der Waals surface area contributed by atoms with Gasteiger partial charge in [0.05, 0.1) is 21.7 Å². The second-order valence-electron chi connectivity index (χ2n) is 7.28. The van der Waals surface area contributed by atoms with E-state index in [9.17, 15) is 23.6 Å². The van der Waals surface area contributed by atoms with Crippen LogP contribution in [0, 0.1) is 25.2 Å². The van der Waals surface area contributed by atoms with Crippen molar-refractivity contribution >= 4 is 21.7 Å². The van der Waals surface area contributed by atoms with E-state index in [1.165, 1.54) is 10.4 Å². The van der Waals surface area contributed by atoms with Gasteiger partial charge in [-0.1, -0.05) is 18.2 Å². The molecule has 3 rings (SSSR count). The fourth-order valence-corrected chi connectivity index (χ4v) is 5.68. The van der Waals surface area contributed by atoms with Crippen molar-refractivity contribution in [2.45, 2.75) is 31.7 Å². The third-order valence-corrected chi connectivity index (χ3v) is 7.43. The topological polar surface area (TPSA) is 102 Å². The number of carbonyl (C=O) groups is 1. The van der Waals surface area contributed by atoms with Gasteiger partial charge in [0.1, 0.15) is 6.07 Å². The first-order valence-electron chi connectivity index (χ1n) is 9.27. The number of para-hydroxylation sites is 1. The standard InChI is InChI=1S/C21H23N3O4S/c1-14-10-15(2)20(11-18(14)21(25)26)29(27,28)24-9-8-23(13-16(24)3)19-7-5-4-6-17(19)12-22/h4-7,10-11,16H,8-9,13H2,1-3H3,(H,25,26)/t16-/m0/s1. The molecule has 0 bridgehead atoms. The van der Waals surface area contributed by atoms with Crippen LogP contribution in [0.25, 0.3) is 0 Å². The van der Waals surface area contributed by atoms with Crippen LogP contribution in [0.3, 0.4) is 0 Å². The largest absolute Gasteiger partial charge is 0.478 e. The zero-order valence-corrected chi connectivity index (χ0v) is 17.4. The lowest BCUT2D eigenvalue weighted by atomic mass is 10.1. The molecule has 1 saturated heterocycles. The van der Waals surface area contributed by atoms with E-state index in [1.807, 2.05) is 24.0 Å². The maximum absolute atomic E-state index is 13.3. The molecule has 0 spiro atoms. The highest BCUT2D eigenvalue weighted by Crippen LogP contribution is 2.29. The van der Waals surface area contributed by atoms with Crippen LogP contribution >= 0.6 is 0 Å². The van der Waals surface area contributed by atoms with Gasteiger partial charge in [0.25, 0.3) is 0 Å². The number of anilines is 1. The monoisotopic (exact) mass is 413 g/mol. The van der Waals surface area contributed by atoms with Gasteiger partial charge >= 0.3 is 5.97 Å². The summed E-state index contributed by atoms with van der Waals surface area (Å²) >= 11 is 0. The first kappa shape index (κ1) is 20.8. The van der Waals surface area contributed by atoms with Crippen LogP contribution in [0.2, 0.25) is 0 Å². The average molecular weight is 413 g/mol. The number of piperazine rings is 1. The molecule has 0 aliphatic carbocycles. The Morgan fingerprint density at radius 3 is 2.48 bits per heavy atom. The zero-order valence-electron chi connectivity index (χ0n) is 16.6. The third-order valence-electron chi connectivity index (χ3n) is 5.27. The third kappa shape index (κ3) is 3.84. The van der Waals surface area contributed by atoms with Crippen LogP contribution in [0.5, 0.6) is 0 Å². The normalized spacial score (nSPS) is 17.7. The smallest absolute Gasteiger partial charge is 0.335 e. The van der Waals surface area contributed by atoms with Crippen molar-refractivity contribution in [1.29, 1.82) is 5.26 Å². The Labute approximate surface area is 170 Å². The van der Waals surface area contributed by atoms with Crippen LogP contribution in [-0.2, 0) is 10.0 Å². The quantitative estimate of drug-likeness (QED) is 0.827. The molecular weight excluding hydrogens is 390 g/mol. The van der Waals surface area contributed by atoms with E-state index in [0.717, 1.165) is 5.69 Å². The molecule has 1 aliphatic rings. The van der Waals surface area contributed by atoms with Crippen molar-refractivity contribution in [3.8, 4) is 6.07 Å². The minimum absolute atomic E-state index is 0.0107. The van der Waals surface area contributed by atoms with E-state index < -0.39 is 16.0 Å². The lowest BCUT2D eigenvalue weighted by molar-refractivity contribution is 0.0696. The summed E-state index contributed by atoms with van der Waals surface area (Å²) in [6, 6.07) is 11.9. The Morgan fingerprint density at radius 1 is 1.17 bits per heavy atom. The highest BCUT2D eigenvalue weighted by Gasteiger charge is 2.35. The molecule has 1 aliphatic heterocycles. The van der Waals surface area contributed by atoms with Gasteiger partial charge in [0.2, 0.25) is 10.0 Å². The summed E-state index contributed by atoms with van der Waals surface area (Å²) in [5.41, 5.74) is 2.38. The zero-order chi connectivity index (χ0) is 21.3. The number of nitriles is 1. The van der Waals surface area contributed by atoms with Gasteiger partial charge in [-0.25, -0.2) is 13.2 Å². The van der Waals surface area contributed by atoms with E-state index in [-0.39, 0.29) is 23.0 Å². The van der Waals surface area contributed by atoms with E-state index in [1.54, 1.807) is 32.0 Å². The number of hydrogen-bond acceptors (Lipinski definition) is 5. The number of carboxylic acid groups (broad SMARTS) is 1. The van der Waals surface area contributed by atoms with Gasteiger partial charge in [0.15, 0.2) is 0 Å². The summed E-state index contributed by atoms with van der Waals surface area (Å²) in [5, 5.41) is 18.7. The van der Waals surface area contributed by atoms with Crippen LogP contribution in [0.4, 0.5) is 5.69 Å². The van der Waals surface area contributed by atoms with E-state index >= 15 is 0 Å². The van der Waals surface area contributed by atoms with Gasteiger partial charge in [-0.3, -0.25) is 0 Å². The number of carboxylic acids is 1. The fourth-order valence-electron chi connectivity index (χ4n) is 3.83. The molecule has 0 amide bonds. The number of sulfonamides is 1. The lowest BCUT2D eigenvalue weighted by Crippen LogP contribution is -2.54. The Hall–Kier alpha value is -2.89. The number of hydrogen-bond donors (Lipinski definition) is 1. The molecule has 2 aromatic carbocycles. The lowest BCUT2D eigenvalue weighted by Gasteiger charge is -2.40. The van der Waals surface area contributed by atoms with Crippen molar-refractivity contribution < 1.29 is 18.3 Å². The van der Waals surface area contributed by atoms with Crippen molar-refractivity contribution in [2.24, 2.45) is 0 Å². The maximum atomic E-state index is 13.3. The number of nitrogens with zero attached hydrogens (tertiary/aromatic N) is 3. The molecule has 152 valence electrons. The van der Waals surface area contributed by atoms with E-state index in [0.29, 0.717) is 29.8 Å². The molecular formula is C21H23N3O4S. The summed E-state index contributed by atoms with van der Waals surface area (Å²) in [7, 11) is -3.86. The van der Waals surface area contributed by atoms with Crippen molar-refractivity contribution in [3.63, 3.8) is 0 Å². The van der Waals surface area contributed by atoms with Crippen LogP contribution in [0.1, 0.15) is 34.0 Å². The molecule has 2 aromatic rings. The molecule has 8 heteroatoms. The van der Waals surface area contributed by atoms with Gasteiger partial charge in [-0.15, -0.1) is 0 Å². The van der Waals surface area contributed by atoms with Gasteiger partial charge < -0.3 is 10.0 Å². The minimum atomic E-state index is -3.86. The Morgan fingerprint density at radius 2 is 1.86 bits per heavy atom. The number of aryl methyl sites for hydroxylation is 2. The Kier molecular flexibility index (Phi) is 5.64. The SMILES string of the molecule is Cc1cc(C)c(S(=O)(=O)N2CCN(c3ccccc3C#N)C[C@@H]2C)cc1C(=O)O. The van der Waals surface area contributed by atoms with Crippen molar-refractivity contribution in [3.05, 3.63) is 58.7 Å². The molecule has 0 saturated carbocycles. The Balaban J connectivity index is 1.92. The van der Waals surface area contributed by atoms with Crippen LogP contribution in [-0.4, -0.2) is 49.5 Å². The van der Waals surface area contributed by atoms with Gasteiger partial charge in [-0.2, -0.15) is 9.57 Å². The average Bonchev–Trinajstić information content (AvgIpc) is 2.67.